The van der Waals surface area contributed by atoms with Gasteiger partial charge in [0.15, 0.2) is 0 Å². The van der Waals surface area contributed by atoms with E-state index in [0.717, 1.165) is 24.0 Å². The average molecular weight is 346 g/mol. The Kier molecular flexibility index (Phi) is 6.56. The van der Waals surface area contributed by atoms with Crippen LogP contribution in [0.1, 0.15) is 47.2 Å². The molecule has 136 valence electrons. The van der Waals surface area contributed by atoms with Gasteiger partial charge in [-0.2, -0.15) is 0 Å². The van der Waals surface area contributed by atoms with Gasteiger partial charge in [-0.3, -0.25) is 14.4 Å². The van der Waals surface area contributed by atoms with Crippen molar-refractivity contribution in [1.29, 1.82) is 0 Å². The van der Waals surface area contributed by atoms with Crippen molar-refractivity contribution >= 4 is 17.8 Å². The number of amides is 2. The summed E-state index contributed by atoms with van der Waals surface area (Å²) in [5.74, 6) is -0.943. The van der Waals surface area contributed by atoms with Gasteiger partial charge in [-0.05, 0) is 62.3 Å². The highest BCUT2D eigenvalue weighted by molar-refractivity contribution is 5.96. The predicted molar refractivity (Wildman–Crippen MR) is 94.4 cm³/mol. The number of carbonyl (C=O) groups is 3. The van der Waals surface area contributed by atoms with Gasteiger partial charge in [0.25, 0.3) is 5.91 Å². The molecular weight excluding hydrogens is 320 g/mol. The first kappa shape index (κ1) is 19.0. The molecule has 1 aromatic carbocycles. The first-order valence-corrected chi connectivity index (χ1v) is 8.72. The van der Waals surface area contributed by atoms with E-state index in [0.29, 0.717) is 25.1 Å². The summed E-state index contributed by atoms with van der Waals surface area (Å²) in [6, 6.07) is 5.46. The first-order chi connectivity index (χ1) is 11.9. The molecule has 1 atom stereocenters. The second kappa shape index (κ2) is 8.65. The third kappa shape index (κ3) is 5.59. The molecule has 1 aliphatic heterocycles. The molecule has 1 saturated heterocycles. The van der Waals surface area contributed by atoms with Crippen molar-refractivity contribution in [3.8, 4) is 0 Å². The highest BCUT2D eigenvalue weighted by Gasteiger charge is 2.24. The second-order valence-corrected chi connectivity index (χ2v) is 6.76. The molecule has 1 aromatic rings. The lowest BCUT2D eigenvalue weighted by Crippen LogP contribution is -2.45. The van der Waals surface area contributed by atoms with Gasteiger partial charge in [-0.15, -0.1) is 0 Å². The van der Waals surface area contributed by atoms with Crippen molar-refractivity contribution in [2.75, 3.05) is 19.6 Å². The number of nitrogens with one attached hydrogen (secondary N) is 1. The Hall–Kier alpha value is -2.37. The smallest absolute Gasteiger partial charge is 0.303 e. The number of carboxylic acid groups (broad SMARTS) is 1. The highest BCUT2D eigenvalue weighted by Crippen LogP contribution is 2.21. The minimum atomic E-state index is -0.802. The van der Waals surface area contributed by atoms with Gasteiger partial charge in [0.1, 0.15) is 0 Å². The summed E-state index contributed by atoms with van der Waals surface area (Å²) in [6.45, 7) is 5.14. The van der Waals surface area contributed by atoms with Crippen molar-refractivity contribution in [1.82, 2.24) is 10.2 Å². The maximum atomic E-state index is 12.3. The highest BCUT2D eigenvalue weighted by atomic mass is 16.4. The van der Waals surface area contributed by atoms with Gasteiger partial charge >= 0.3 is 5.97 Å². The summed E-state index contributed by atoms with van der Waals surface area (Å²) in [6.07, 6.45) is 2.55. The Labute approximate surface area is 148 Å². The van der Waals surface area contributed by atoms with Crippen molar-refractivity contribution < 1.29 is 19.5 Å². The summed E-state index contributed by atoms with van der Waals surface area (Å²) in [7, 11) is 0. The van der Waals surface area contributed by atoms with Gasteiger partial charge < -0.3 is 15.3 Å². The lowest BCUT2D eigenvalue weighted by atomic mass is 9.93. The number of carbonyl (C=O) groups excluding carboxylic acids is 2. The van der Waals surface area contributed by atoms with Crippen LogP contribution in [0.3, 0.4) is 0 Å². The molecule has 1 aliphatic rings. The Morgan fingerprint density at radius 3 is 2.68 bits per heavy atom. The van der Waals surface area contributed by atoms with E-state index >= 15 is 0 Å². The number of likely N-dealkylation sites (tertiary alicyclic amines) is 1. The molecule has 0 radical (unpaired) electrons. The summed E-state index contributed by atoms with van der Waals surface area (Å²) in [5.41, 5.74) is 2.71. The summed E-state index contributed by atoms with van der Waals surface area (Å²) in [5, 5.41) is 11.5. The molecule has 0 aliphatic carbocycles. The number of hydrogen-bond donors (Lipinski definition) is 2. The molecule has 25 heavy (non-hydrogen) atoms. The quantitative estimate of drug-likeness (QED) is 0.826. The monoisotopic (exact) mass is 346 g/mol. The number of piperidine rings is 1. The van der Waals surface area contributed by atoms with E-state index in [1.807, 2.05) is 26.0 Å². The largest absolute Gasteiger partial charge is 0.481 e. The number of carboxylic acids is 1. The lowest BCUT2D eigenvalue weighted by Gasteiger charge is -2.32. The van der Waals surface area contributed by atoms with Crippen LogP contribution in [0, 0.1) is 19.8 Å². The fraction of sp³-hybridized carbons (Fsp3) is 0.526. The van der Waals surface area contributed by atoms with E-state index in [-0.39, 0.29) is 30.7 Å². The predicted octanol–water partition coefficient (Wildman–Crippen LogP) is 2.14. The van der Waals surface area contributed by atoms with Crippen LogP contribution in [-0.2, 0) is 9.59 Å². The summed E-state index contributed by atoms with van der Waals surface area (Å²) in [4.78, 5) is 36.9. The molecule has 2 amide bonds. The fourth-order valence-corrected chi connectivity index (χ4v) is 3.11. The van der Waals surface area contributed by atoms with Crippen molar-refractivity contribution in [2.45, 2.75) is 39.5 Å². The Bertz CT molecular complexity index is 657. The average Bonchev–Trinajstić information content (AvgIpc) is 2.60. The zero-order valence-electron chi connectivity index (χ0n) is 14.9. The van der Waals surface area contributed by atoms with Crippen LogP contribution < -0.4 is 5.32 Å². The Morgan fingerprint density at radius 2 is 2.00 bits per heavy atom. The number of aliphatic carboxylic acids is 1. The third-order valence-corrected chi connectivity index (χ3v) is 4.81. The molecule has 0 bridgehead atoms. The van der Waals surface area contributed by atoms with Gasteiger partial charge in [-0.1, -0.05) is 6.07 Å². The first-order valence-electron chi connectivity index (χ1n) is 8.72. The van der Waals surface area contributed by atoms with Crippen LogP contribution >= 0.6 is 0 Å². The van der Waals surface area contributed by atoms with Gasteiger partial charge in [-0.25, -0.2) is 0 Å². The minimum Gasteiger partial charge on any atom is -0.481 e. The van der Waals surface area contributed by atoms with Crippen molar-refractivity contribution in [3.63, 3.8) is 0 Å². The van der Waals surface area contributed by atoms with Crippen LogP contribution in [0.4, 0.5) is 0 Å². The maximum absolute atomic E-state index is 12.3. The lowest BCUT2D eigenvalue weighted by molar-refractivity contribution is -0.137. The molecule has 0 unspecified atom stereocenters. The number of benzene rings is 1. The van der Waals surface area contributed by atoms with E-state index in [1.54, 1.807) is 11.0 Å². The molecule has 2 rings (SSSR count). The molecular formula is C19H26N2O4. The van der Waals surface area contributed by atoms with Crippen LogP contribution in [0.15, 0.2) is 18.2 Å². The van der Waals surface area contributed by atoms with Gasteiger partial charge in [0.05, 0.1) is 6.54 Å². The summed E-state index contributed by atoms with van der Waals surface area (Å²) >= 11 is 0. The normalized spacial score (nSPS) is 17.2. The Balaban J connectivity index is 1.83. The number of aryl methyl sites for hydroxylation is 2. The van der Waals surface area contributed by atoms with Crippen molar-refractivity contribution in [2.24, 2.45) is 5.92 Å². The van der Waals surface area contributed by atoms with E-state index in [9.17, 15) is 14.4 Å². The van der Waals surface area contributed by atoms with E-state index in [2.05, 4.69) is 5.32 Å². The molecule has 0 saturated carbocycles. The zero-order valence-corrected chi connectivity index (χ0v) is 14.9. The maximum Gasteiger partial charge on any atom is 0.303 e. The SMILES string of the molecule is Cc1ccc(C(=O)NCC(=O)N2CCC[C@H](CCC(=O)O)C2)cc1C. The number of hydrogen-bond acceptors (Lipinski definition) is 3. The van der Waals surface area contributed by atoms with E-state index in [1.165, 1.54) is 0 Å². The Morgan fingerprint density at radius 1 is 1.24 bits per heavy atom. The van der Waals surface area contributed by atoms with Crippen LogP contribution in [0.5, 0.6) is 0 Å². The molecule has 0 spiro atoms. The van der Waals surface area contributed by atoms with Crippen LogP contribution in [-0.4, -0.2) is 47.4 Å². The summed E-state index contributed by atoms with van der Waals surface area (Å²) < 4.78 is 0. The second-order valence-electron chi connectivity index (χ2n) is 6.76. The van der Waals surface area contributed by atoms with Crippen LogP contribution in [0.2, 0.25) is 0 Å². The van der Waals surface area contributed by atoms with Gasteiger partial charge in [0, 0.05) is 25.1 Å². The standard InChI is InChI=1S/C19H26N2O4/c1-13-5-7-16(10-14(13)2)19(25)20-11-17(22)21-9-3-4-15(12-21)6-8-18(23)24/h5,7,10,15H,3-4,6,8-9,11-12H2,1-2H3,(H,20,25)(H,23,24)/t15-/m1/s1. The molecule has 1 fully saturated rings. The number of nitrogens with zero attached hydrogens (tertiary/aromatic N) is 1. The number of rotatable bonds is 6. The van der Waals surface area contributed by atoms with Crippen LogP contribution in [0.25, 0.3) is 0 Å². The third-order valence-electron chi connectivity index (χ3n) is 4.81. The molecule has 2 N–H and O–H groups in total. The van der Waals surface area contributed by atoms with Gasteiger partial charge in [0.2, 0.25) is 5.91 Å². The molecule has 6 heteroatoms. The zero-order chi connectivity index (χ0) is 18.4. The van der Waals surface area contributed by atoms with Crippen molar-refractivity contribution in [3.05, 3.63) is 34.9 Å². The minimum absolute atomic E-state index is 0.0303. The molecule has 6 nitrogen and oxygen atoms in total. The van der Waals surface area contributed by atoms with E-state index in [4.69, 9.17) is 5.11 Å². The van der Waals surface area contributed by atoms with E-state index < -0.39 is 5.97 Å². The molecule has 0 aromatic heterocycles. The topological polar surface area (TPSA) is 86.7 Å². The molecule has 1 heterocycles. The fourth-order valence-electron chi connectivity index (χ4n) is 3.11.